The van der Waals surface area contributed by atoms with E-state index >= 15 is 0 Å². The van der Waals surface area contributed by atoms with Gasteiger partial charge in [0.1, 0.15) is 0 Å². The molecular formula is C15H26N4O. The van der Waals surface area contributed by atoms with Crippen LogP contribution in [0.1, 0.15) is 57.3 Å². The number of nitrogens with two attached hydrogens (primary N) is 1. The van der Waals surface area contributed by atoms with E-state index in [1.165, 1.54) is 25.7 Å². The molecule has 2 bridgehead atoms. The molecule has 112 valence electrons. The van der Waals surface area contributed by atoms with Gasteiger partial charge in [0, 0.05) is 6.04 Å². The fourth-order valence-electron chi connectivity index (χ4n) is 4.33. The maximum atomic E-state index is 5.92. The van der Waals surface area contributed by atoms with Crippen LogP contribution in [0.4, 0.5) is 0 Å². The lowest BCUT2D eigenvalue weighted by Crippen LogP contribution is -2.37. The monoisotopic (exact) mass is 278 g/mol. The first kappa shape index (κ1) is 13.9. The van der Waals surface area contributed by atoms with Gasteiger partial charge in [0.05, 0.1) is 25.0 Å². The van der Waals surface area contributed by atoms with Gasteiger partial charge in [-0.2, -0.15) is 5.10 Å². The maximum absolute atomic E-state index is 5.92. The molecule has 1 aromatic rings. The number of hydrogen-bond acceptors (Lipinski definition) is 4. The zero-order chi connectivity index (χ0) is 14.3. The number of nitrogens with zero attached hydrogens (tertiary/aromatic N) is 2. The van der Waals surface area contributed by atoms with Gasteiger partial charge in [-0.05, 0) is 50.9 Å². The standard InChI is InChI=1S/C15H26N4O/c1-9(2)19-15(13(20-3)8-17-19)14(18-16)12-7-10-4-5-11(12)6-10/h8-12,14,18H,4-7,16H2,1-3H3. The lowest BCUT2D eigenvalue weighted by atomic mass is 9.82. The van der Waals surface area contributed by atoms with E-state index in [0.717, 1.165) is 23.3 Å². The number of aromatic nitrogens is 2. The number of hydrogen-bond donors (Lipinski definition) is 2. The van der Waals surface area contributed by atoms with E-state index in [4.69, 9.17) is 10.6 Å². The van der Waals surface area contributed by atoms with E-state index in [2.05, 4.69) is 29.1 Å². The Morgan fingerprint density at radius 3 is 2.70 bits per heavy atom. The summed E-state index contributed by atoms with van der Waals surface area (Å²) in [6.45, 7) is 4.29. The Bertz CT molecular complexity index is 470. The molecule has 1 heterocycles. The summed E-state index contributed by atoms with van der Waals surface area (Å²) in [6, 6.07) is 0.452. The second-order valence-corrected chi connectivity index (χ2v) is 6.62. The van der Waals surface area contributed by atoms with Crippen molar-refractivity contribution in [1.29, 1.82) is 0 Å². The summed E-state index contributed by atoms with van der Waals surface area (Å²) in [5.41, 5.74) is 4.17. The summed E-state index contributed by atoms with van der Waals surface area (Å²) >= 11 is 0. The third-order valence-corrected chi connectivity index (χ3v) is 5.20. The minimum Gasteiger partial charge on any atom is -0.493 e. The molecule has 0 spiro atoms. The van der Waals surface area contributed by atoms with Crippen molar-refractivity contribution in [1.82, 2.24) is 15.2 Å². The molecular weight excluding hydrogens is 252 g/mol. The highest BCUT2D eigenvalue weighted by Crippen LogP contribution is 2.53. The predicted molar refractivity (Wildman–Crippen MR) is 78.2 cm³/mol. The summed E-state index contributed by atoms with van der Waals surface area (Å²) in [5, 5.41) is 4.48. The van der Waals surface area contributed by atoms with Crippen molar-refractivity contribution < 1.29 is 4.74 Å². The maximum Gasteiger partial charge on any atom is 0.161 e. The molecule has 4 unspecified atom stereocenters. The molecule has 0 radical (unpaired) electrons. The molecule has 2 saturated carbocycles. The highest BCUT2D eigenvalue weighted by atomic mass is 16.5. The van der Waals surface area contributed by atoms with Crippen molar-refractivity contribution in [3.05, 3.63) is 11.9 Å². The first-order valence-corrected chi connectivity index (χ1v) is 7.73. The Morgan fingerprint density at radius 2 is 2.20 bits per heavy atom. The average molecular weight is 278 g/mol. The third kappa shape index (κ3) is 2.13. The molecule has 0 aliphatic heterocycles. The van der Waals surface area contributed by atoms with E-state index in [-0.39, 0.29) is 6.04 Å². The molecule has 2 aliphatic carbocycles. The first-order valence-electron chi connectivity index (χ1n) is 7.73. The zero-order valence-corrected chi connectivity index (χ0v) is 12.7. The van der Waals surface area contributed by atoms with Crippen LogP contribution in [0, 0.1) is 17.8 Å². The smallest absolute Gasteiger partial charge is 0.161 e. The molecule has 2 fully saturated rings. The van der Waals surface area contributed by atoms with Crippen LogP contribution in [0.5, 0.6) is 5.75 Å². The van der Waals surface area contributed by atoms with Crippen LogP contribution in [0.3, 0.4) is 0 Å². The van der Waals surface area contributed by atoms with Gasteiger partial charge in [-0.3, -0.25) is 16.0 Å². The molecule has 1 aromatic heterocycles. The Balaban J connectivity index is 1.94. The second-order valence-electron chi connectivity index (χ2n) is 6.62. The molecule has 3 N–H and O–H groups in total. The first-order chi connectivity index (χ1) is 9.65. The van der Waals surface area contributed by atoms with Gasteiger partial charge >= 0.3 is 0 Å². The fraction of sp³-hybridized carbons (Fsp3) is 0.800. The van der Waals surface area contributed by atoms with Crippen LogP contribution in [0.25, 0.3) is 0 Å². The number of methoxy groups -OCH3 is 1. The van der Waals surface area contributed by atoms with Crippen LogP contribution in [0.15, 0.2) is 6.20 Å². The van der Waals surface area contributed by atoms with E-state index in [9.17, 15) is 0 Å². The van der Waals surface area contributed by atoms with Gasteiger partial charge in [0.15, 0.2) is 5.75 Å². The lowest BCUT2D eigenvalue weighted by molar-refractivity contribution is 0.235. The Morgan fingerprint density at radius 1 is 1.40 bits per heavy atom. The summed E-state index contributed by atoms with van der Waals surface area (Å²) in [4.78, 5) is 0. The van der Waals surface area contributed by atoms with Crippen LogP contribution < -0.4 is 16.0 Å². The SMILES string of the molecule is COc1cnn(C(C)C)c1C(NN)C1CC2CCC1C2. The number of ether oxygens (including phenoxy) is 1. The quantitative estimate of drug-likeness (QED) is 0.641. The van der Waals surface area contributed by atoms with Crippen LogP contribution in [-0.2, 0) is 0 Å². The second kappa shape index (κ2) is 5.37. The van der Waals surface area contributed by atoms with Crippen LogP contribution in [0.2, 0.25) is 0 Å². The molecule has 0 aromatic carbocycles. The van der Waals surface area contributed by atoms with Crippen LogP contribution in [-0.4, -0.2) is 16.9 Å². The molecule has 20 heavy (non-hydrogen) atoms. The molecule has 0 amide bonds. The molecule has 5 nitrogen and oxygen atoms in total. The van der Waals surface area contributed by atoms with Crippen molar-refractivity contribution in [2.75, 3.05) is 7.11 Å². The highest BCUT2D eigenvalue weighted by Gasteiger charge is 2.45. The number of hydrazine groups is 1. The normalized spacial score (nSPS) is 30.1. The average Bonchev–Trinajstić information content (AvgIpc) is 3.13. The molecule has 4 atom stereocenters. The van der Waals surface area contributed by atoms with E-state index in [0.29, 0.717) is 12.0 Å². The molecule has 0 saturated heterocycles. The van der Waals surface area contributed by atoms with E-state index < -0.39 is 0 Å². The predicted octanol–water partition coefficient (Wildman–Crippen LogP) is 2.41. The Labute approximate surface area is 120 Å². The number of rotatable bonds is 5. The molecule has 3 rings (SSSR count). The van der Waals surface area contributed by atoms with E-state index in [1.807, 2.05) is 6.20 Å². The Kier molecular flexibility index (Phi) is 3.73. The fourth-order valence-corrected chi connectivity index (χ4v) is 4.33. The van der Waals surface area contributed by atoms with Crippen molar-refractivity contribution >= 4 is 0 Å². The minimum absolute atomic E-state index is 0.144. The van der Waals surface area contributed by atoms with Gasteiger partial charge in [0.2, 0.25) is 0 Å². The topological polar surface area (TPSA) is 65.1 Å². The van der Waals surface area contributed by atoms with Gasteiger partial charge < -0.3 is 4.74 Å². The Hall–Kier alpha value is -1.07. The third-order valence-electron chi connectivity index (χ3n) is 5.20. The van der Waals surface area contributed by atoms with Gasteiger partial charge in [0.25, 0.3) is 0 Å². The van der Waals surface area contributed by atoms with E-state index in [1.54, 1.807) is 7.11 Å². The zero-order valence-electron chi connectivity index (χ0n) is 12.7. The number of nitrogens with one attached hydrogen (secondary N) is 1. The summed E-state index contributed by atoms with van der Waals surface area (Å²) in [5.74, 6) is 9.10. The summed E-state index contributed by atoms with van der Waals surface area (Å²) < 4.78 is 7.57. The van der Waals surface area contributed by atoms with Crippen molar-refractivity contribution in [3.63, 3.8) is 0 Å². The van der Waals surface area contributed by atoms with Crippen molar-refractivity contribution in [3.8, 4) is 5.75 Å². The number of fused-ring (bicyclic) bond motifs is 2. The summed E-state index contributed by atoms with van der Waals surface area (Å²) in [7, 11) is 1.71. The van der Waals surface area contributed by atoms with Gasteiger partial charge in [-0.1, -0.05) is 6.42 Å². The largest absolute Gasteiger partial charge is 0.493 e. The van der Waals surface area contributed by atoms with Crippen molar-refractivity contribution in [2.24, 2.45) is 23.6 Å². The molecule has 5 heteroatoms. The highest BCUT2D eigenvalue weighted by molar-refractivity contribution is 5.30. The van der Waals surface area contributed by atoms with Crippen molar-refractivity contribution in [2.45, 2.75) is 51.6 Å². The molecule has 2 aliphatic rings. The van der Waals surface area contributed by atoms with Gasteiger partial charge in [-0.15, -0.1) is 0 Å². The van der Waals surface area contributed by atoms with Crippen LogP contribution >= 0.6 is 0 Å². The summed E-state index contributed by atoms with van der Waals surface area (Å²) in [6.07, 6.45) is 7.23. The minimum atomic E-state index is 0.144. The lowest BCUT2D eigenvalue weighted by Gasteiger charge is -2.31. The van der Waals surface area contributed by atoms with Gasteiger partial charge in [-0.25, -0.2) is 0 Å².